The second-order valence-electron chi connectivity index (χ2n) is 10.2. The number of allylic oxidation sites excluding steroid dienone is 5. The molecule has 0 aromatic carbocycles. The molecule has 0 saturated carbocycles. The molecule has 0 unspecified atom stereocenters. The van der Waals surface area contributed by atoms with Gasteiger partial charge in [-0.2, -0.15) is 0 Å². The fourth-order valence-electron chi connectivity index (χ4n) is 6.33. The number of aliphatic carboxylic acids is 1. The zero-order chi connectivity index (χ0) is 23.8. The van der Waals surface area contributed by atoms with Gasteiger partial charge in [-0.1, -0.05) is 61.8 Å². The maximum Gasteiger partial charge on any atom is 0.328 e. The van der Waals surface area contributed by atoms with E-state index in [9.17, 15) is 20.1 Å². The molecule has 1 aliphatic heterocycles. The lowest BCUT2D eigenvalue weighted by molar-refractivity contribution is -0.195. The number of hydrogen-bond donors (Lipinski definition) is 4. The molecule has 0 spiro atoms. The van der Waals surface area contributed by atoms with Crippen molar-refractivity contribution in [1.29, 1.82) is 0 Å². The zero-order valence-electron chi connectivity index (χ0n) is 19.7. The normalized spacial score (nSPS) is 43.2. The Kier molecular flexibility index (Phi) is 7.20. The average Bonchev–Trinajstić information content (AvgIpc) is 2.77. The predicted octanol–water partition coefficient (Wildman–Crippen LogP) is 3.39. The Bertz CT molecular complexity index is 837. The van der Waals surface area contributed by atoms with Crippen LogP contribution in [0.1, 0.15) is 53.9 Å². The number of carboxylic acids is 1. The molecule has 32 heavy (non-hydrogen) atoms. The van der Waals surface area contributed by atoms with Crippen LogP contribution in [0.3, 0.4) is 0 Å². The Balaban J connectivity index is 2.14. The van der Waals surface area contributed by atoms with Gasteiger partial charge >= 0.3 is 5.97 Å². The highest BCUT2D eigenvalue weighted by Gasteiger charge is 2.65. The van der Waals surface area contributed by atoms with Crippen LogP contribution >= 0.6 is 0 Å². The minimum Gasteiger partial charge on any atom is -0.478 e. The summed E-state index contributed by atoms with van der Waals surface area (Å²) in [5.74, 6) is -1.97. The number of rotatable bonds is 5. The lowest BCUT2D eigenvalue weighted by atomic mass is 9.54. The highest BCUT2D eigenvalue weighted by molar-refractivity contribution is 5.80. The van der Waals surface area contributed by atoms with E-state index >= 15 is 0 Å². The molecule has 0 aromatic heterocycles. The molecule has 0 bridgehead atoms. The van der Waals surface area contributed by atoms with Crippen molar-refractivity contribution >= 4 is 5.97 Å². The van der Waals surface area contributed by atoms with E-state index in [0.717, 1.165) is 24.5 Å². The predicted molar refractivity (Wildman–Crippen MR) is 123 cm³/mol. The van der Waals surface area contributed by atoms with Crippen LogP contribution in [0.4, 0.5) is 0 Å². The summed E-state index contributed by atoms with van der Waals surface area (Å²) in [5.41, 5.74) is -0.874. The van der Waals surface area contributed by atoms with E-state index in [4.69, 9.17) is 9.84 Å². The van der Waals surface area contributed by atoms with E-state index in [0.29, 0.717) is 6.42 Å². The van der Waals surface area contributed by atoms with Gasteiger partial charge in [-0.3, -0.25) is 0 Å². The molecule has 0 amide bonds. The summed E-state index contributed by atoms with van der Waals surface area (Å²) in [6, 6.07) is 0. The molecule has 3 rings (SSSR count). The number of hydrogen-bond acceptors (Lipinski definition) is 5. The van der Waals surface area contributed by atoms with E-state index in [1.807, 2.05) is 20.8 Å². The van der Waals surface area contributed by atoms with Crippen LogP contribution in [0.15, 0.2) is 47.6 Å². The van der Waals surface area contributed by atoms with Crippen LogP contribution < -0.4 is 0 Å². The highest BCUT2D eigenvalue weighted by Crippen LogP contribution is 2.56. The molecular formula is C26H38O6. The van der Waals surface area contributed by atoms with Crippen LogP contribution in [0.25, 0.3) is 0 Å². The summed E-state index contributed by atoms with van der Waals surface area (Å²) >= 11 is 0. The Morgan fingerprint density at radius 2 is 2.00 bits per heavy atom. The van der Waals surface area contributed by atoms with Gasteiger partial charge in [0, 0.05) is 17.9 Å². The van der Waals surface area contributed by atoms with Crippen molar-refractivity contribution < 1.29 is 30.0 Å². The van der Waals surface area contributed by atoms with Gasteiger partial charge in [0.2, 0.25) is 0 Å². The van der Waals surface area contributed by atoms with Crippen molar-refractivity contribution in [1.82, 2.24) is 0 Å². The second-order valence-corrected chi connectivity index (χ2v) is 10.2. The first kappa shape index (κ1) is 24.9. The standard InChI is InChI=1S/C26H38O6/c1-6-16(3)24-25(5,30)22-17(4)14-18-13-15(2)11-12-19(18)26(22,31)23(29)20(32-24)9-7-8-10-21(27)28/h7-11,14,16,18-20,22-24,29-31H,6,12-13H2,1-5H3,(H,27,28)/b9-7+,10-8+/t16-,18+,19-,20-,22+,23-,24-,25+,26-/m0/s1. The molecule has 6 nitrogen and oxygen atoms in total. The first-order chi connectivity index (χ1) is 14.9. The molecule has 1 heterocycles. The summed E-state index contributed by atoms with van der Waals surface area (Å²) < 4.78 is 6.33. The fraction of sp³-hybridized carbons (Fsp3) is 0.654. The van der Waals surface area contributed by atoms with E-state index in [-0.39, 0.29) is 17.8 Å². The van der Waals surface area contributed by atoms with Crippen molar-refractivity contribution in [3.63, 3.8) is 0 Å². The minimum absolute atomic E-state index is 0.0240. The number of carbonyl (C=O) groups is 1. The summed E-state index contributed by atoms with van der Waals surface area (Å²) in [4.78, 5) is 10.8. The third kappa shape index (κ3) is 4.26. The average molecular weight is 447 g/mol. The fourth-order valence-corrected chi connectivity index (χ4v) is 6.33. The highest BCUT2D eigenvalue weighted by atomic mass is 16.5. The van der Waals surface area contributed by atoms with Gasteiger partial charge in [0.25, 0.3) is 0 Å². The largest absolute Gasteiger partial charge is 0.478 e. The van der Waals surface area contributed by atoms with E-state index < -0.39 is 41.4 Å². The molecule has 2 aliphatic carbocycles. The molecule has 0 aromatic rings. The number of carboxylic acid groups (broad SMARTS) is 1. The van der Waals surface area contributed by atoms with Gasteiger partial charge in [0.05, 0.1) is 11.7 Å². The lowest BCUT2D eigenvalue weighted by Crippen LogP contribution is -2.66. The lowest BCUT2D eigenvalue weighted by Gasteiger charge is -2.55. The summed E-state index contributed by atoms with van der Waals surface area (Å²) in [5, 5.41) is 44.7. The first-order valence-corrected chi connectivity index (χ1v) is 11.6. The van der Waals surface area contributed by atoms with Crippen molar-refractivity contribution in [3.8, 4) is 0 Å². The third-order valence-corrected chi connectivity index (χ3v) is 7.84. The van der Waals surface area contributed by atoms with Crippen LogP contribution in [-0.4, -0.2) is 55.9 Å². The number of ether oxygens (including phenoxy) is 1. The molecule has 1 saturated heterocycles. The summed E-state index contributed by atoms with van der Waals surface area (Å²) in [6.07, 6.45) is 9.12. The topological polar surface area (TPSA) is 107 Å². The quantitative estimate of drug-likeness (QED) is 0.293. The second kappa shape index (κ2) is 9.26. The smallest absolute Gasteiger partial charge is 0.328 e. The molecule has 6 heteroatoms. The van der Waals surface area contributed by atoms with Crippen LogP contribution in [0.5, 0.6) is 0 Å². The Morgan fingerprint density at radius 1 is 1.31 bits per heavy atom. The molecule has 0 radical (unpaired) electrons. The van der Waals surface area contributed by atoms with Gasteiger partial charge in [-0.05, 0) is 45.4 Å². The number of aliphatic hydroxyl groups is 3. The Labute approximate surface area is 191 Å². The van der Waals surface area contributed by atoms with E-state index in [1.54, 1.807) is 13.0 Å². The number of fused-ring (bicyclic) bond motifs is 3. The van der Waals surface area contributed by atoms with Crippen molar-refractivity contribution in [2.75, 3.05) is 0 Å². The first-order valence-electron chi connectivity index (χ1n) is 11.6. The Hall–Kier alpha value is -1.73. The van der Waals surface area contributed by atoms with Crippen LogP contribution in [-0.2, 0) is 9.53 Å². The minimum atomic E-state index is -1.60. The van der Waals surface area contributed by atoms with Crippen molar-refractivity contribution in [2.45, 2.75) is 83.4 Å². The van der Waals surface area contributed by atoms with Gasteiger partial charge < -0.3 is 25.2 Å². The van der Waals surface area contributed by atoms with E-state index in [1.165, 1.54) is 17.7 Å². The Morgan fingerprint density at radius 3 is 2.62 bits per heavy atom. The van der Waals surface area contributed by atoms with Crippen LogP contribution in [0.2, 0.25) is 0 Å². The summed E-state index contributed by atoms with van der Waals surface area (Å²) in [7, 11) is 0. The molecule has 178 valence electrons. The molecule has 4 N–H and O–H groups in total. The van der Waals surface area contributed by atoms with Gasteiger partial charge in [0.15, 0.2) is 0 Å². The van der Waals surface area contributed by atoms with Gasteiger partial charge in [-0.25, -0.2) is 4.79 Å². The van der Waals surface area contributed by atoms with Gasteiger partial charge in [0.1, 0.15) is 17.8 Å². The van der Waals surface area contributed by atoms with E-state index in [2.05, 4.69) is 19.1 Å². The SMILES string of the molecule is CC[C@H](C)[C@@H]1O[C@@H](/C=C/C=C/C(=O)O)[C@H](O)[C@@]2(O)[C@H](C(C)=C[C@H]3CC(C)=CC[C@@H]32)[C@@]1(C)O. The van der Waals surface area contributed by atoms with Crippen molar-refractivity contribution in [2.24, 2.45) is 23.7 Å². The summed E-state index contributed by atoms with van der Waals surface area (Å²) in [6.45, 7) is 9.74. The van der Waals surface area contributed by atoms with Gasteiger partial charge in [-0.15, -0.1) is 0 Å². The van der Waals surface area contributed by atoms with Crippen molar-refractivity contribution in [3.05, 3.63) is 47.6 Å². The molecule has 3 aliphatic rings. The molecular weight excluding hydrogens is 408 g/mol. The van der Waals surface area contributed by atoms with Crippen LogP contribution in [0, 0.1) is 23.7 Å². The monoisotopic (exact) mass is 446 g/mol. The third-order valence-electron chi connectivity index (χ3n) is 7.84. The number of aliphatic hydroxyl groups excluding tert-OH is 1. The maximum atomic E-state index is 12.3. The molecule has 9 atom stereocenters. The zero-order valence-corrected chi connectivity index (χ0v) is 19.7. The maximum absolute atomic E-state index is 12.3. The molecule has 1 fully saturated rings.